The molecule has 172 valence electrons. The molecule has 3 rings (SSSR count). The quantitative estimate of drug-likeness (QED) is 0.632. The van der Waals surface area contributed by atoms with Crippen molar-refractivity contribution in [3.05, 3.63) is 54.1 Å². The van der Waals surface area contributed by atoms with E-state index >= 15 is 0 Å². The van der Waals surface area contributed by atoms with Crippen LogP contribution in [0.4, 0.5) is 5.69 Å². The van der Waals surface area contributed by atoms with E-state index in [4.69, 9.17) is 4.74 Å². The van der Waals surface area contributed by atoms with Gasteiger partial charge >= 0.3 is 0 Å². The molecular weight excluding hydrogens is 430 g/mol. The minimum absolute atomic E-state index is 0.0257. The molecule has 2 amide bonds. The molecule has 1 saturated heterocycles. The summed E-state index contributed by atoms with van der Waals surface area (Å²) in [4.78, 5) is 25.8. The highest BCUT2D eigenvalue weighted by Crippen LogP contribution is 2.22. The first-order valence-electron chi connectivity index (χ1n) is 10.7. The normalized spacial score (nSPS) is 14.6. The van der Waals surface area contributed by atoms with Crippen molar-refractivity contribution in [2.75, 3.05) is 31.0 Å². The largest absolute Gasteiger partial charge is 0.494 e. The van der Waals surface area contributed by atoms with Crippen LogP contribution in [0.25, 0.3) is 0 Å². The van der Waals surface area contributed by atoms with Gasteiger partial charge in [0.15, 0.2) is 0 Å². The Bertz CT molecular complexity index is 1050. The van der Waals surface area contributed by atoms with E-state index in [0.29, 0.717) is 49.2 Å². The van der Waals surface area contributed by atoms with E-state index < -0.39 is 10.0 Å². The zero-order valence-electron chi connectivity index (χ0n) is 18.3. The fourth-order valence-electron chi connectivity index (χ4n) is 3.61. The SMILES string of the molecule is CCOc1ccc(NS(=O)(=O)c2cccc(C(=O)N3CCC(CNC(C)=O)CC3)c2)cc1. The molecule has 2 N–H and O–H groups in total. The third-order valence-corrected chi connectivity index (χ3v) is 6.73. The lowest BCUT2D eigenvalue weighted by molar-refractivity contribution is -0.119. The number of carbonyl (C=O) groups is 2. The number of sulfonamides is 1. The topological polar surface area (TPSA) is 105 Å². The van der Waals surface area contributed by atoms with Crippen LogP contribution in [0.3, 0.4) is 0 Å². The lowest BCUT2D eigenvalue weighted by Crippen LogP contribution is -2.41. The molecule has 1 aliphatic heterocycles. The molecule has 1 heterocycles. The fraction of sp³-hybridized carbons (Fsp3) is 0.391. The van der Waals surface area contributed by atoms with E-state index in [-0.39, 0.29) is 16.7 Å². The number of amides is 2. The summed E-state index contributed by atoms with van der Waals surface area (Å²) in [7, 11) is -3.85. The van der Waals surface area contributed by atoms with Crippen LogP contribution >= 0.6 is 0 Å². The number of nitrogens with one attached hydrogen (secondary N) is 2. The molecule has 0 atom stereocenters. The van der Waals surface area contributed by atoms with Gasteiger partial charge < -0.3 is 15.0 Å². The molecule has 1 fully saturated rings. The maximum Gasteiger partial charge on any atom is 0.261 e. The molecular formula is C23H29N3O5S. The van der Waals surface area contributed by atoms with Crippen molar-refractivity contribution in [3.8, 4) is 5.75 Å². The first-order chi connectivity index (χ1) is 15.3. The van der Waals surface area contributed by atoms with E-state index in [2.05, 4.69) is 10.0 Å². The molecule has 0 bridgehead atoms. The van der Waals surface area contributed by atoms with Crippen LogP contribution in [-0.2, 0) is 14.8 Å². The van der Waals surface area contributed by atoms with Crippen molar-refractivity contribution >= 4 is 27.5 Å². The van der Waals surface area contributed by atoms with Crippen LogP contribution in [0.5, 0.6) is 5.75 Å². The minimum Gasteiger partial charge on any atom is -0.494 e. The van der Waals surface area contributed by atoms with Crippen LogP contribution in [0.2, 0.25) is 0 Å². The Kier molecular flexibility index (Phi) is 7.74. The van der Waals surface area contributed by atoms with Gasteiger partial charge in [-0.05, 0) is 68.1 Å². The highest BCUT2D eigenvalue weighted by atomic mass is 32.2. The summed E-state index contributed by atoms with van der Waals surface area (Å²) < 4.78 is 33.6. The number of hydrogen-bond donors (Lipinski definition) is 2. The van der Waals surface area contributed by atoms with Crippen molar-refractivity contribution in [2.24, 2.45) is 5.92 Å². The van der Waals surface area contributed by atoms with E-state index in [1.807, 2.05) is 6.92 Å². The molecule has 2 aromatic rings. The monoisotopic (exact) mass is 459 g/mol. The number of likely N-dealkylation sites (tertiary alicyclic amines) is 1. The lowest BCUT2D eigenvalue weighted by atomic mass is 9.96. The third kappa shape index (κ3) is 6.23. The number of rotatable bonds is 8. The van der Waals surface area contributed by atoms with Crippen molar-refractivity contribution in [3.63, 3.8) is 0 Å². The van der Waals surface area contributed by atoms with Gasteiger partial charge in [-0.2, -0.15) is 0 Å². The van der Waals surface area contributed by atoms with Crippen molar-refractivity contribution in [1.82, 2.24) is 10.2 Å². The summed E-state index contributed by atoms with van der Waals surface area (Å²) in [6.07, 6.45) is 1.59. The van der Waals surface area contributed by atoms with E-state index in [1.54, 1.807) is 41.3 Å². The first kappa shape index (κ1) is 23.6. The van der Waals surface area contributed by atoms with Crippen LogP contribution in [0.1, 0.15) is 37.0 Å². The minimum atomic E-state index is -3.85. The fourth-order valence-corrected chi connectivity index (χ4v) is 4.71. The van der Waals surface area contributed by atoms with Gasteiger partial charge in [-0.25, -0.2) is 8.42 Å². The summed E-state index contributed by atoms with van der Waals surface area (Å²) >= 11 is 0. The molecule has 0 saturated carbocycles. The van der Waals surface area contributed by atoms with Gasteiger partial charge in [0.1, 0.15) is 5.75 Å². The predicted octanol–water partition coefficient (Wildman–Crippen LogP) is 2.87. The highest BCUT2D eigenvalue weighted by Gasteiger charge is 2.25. The summed E-state index contributed by atoms with van der Waals surface area (Å²) in [5, 5.41) is 2.82. The van der Waals surface area contributed by atoms with Crippen LogP contribution in [0.15, 0.2) is 53.4 Å². The van der Waals surface area contributed by atoms with Gasteiger partial charge in [0.05, 0.1) is 11.5 Å². The molecule has 0 aromatic heterocycles. The Balaban J connectivity index is 1.65. The number of ether oxygens (including phenoxy) is 1. The highest BCUT2D eigenvalue weighted by molar-refractivity contribution is 7.92. The molecule has 1 aliphatic rings. The van der Waals surface area contributed by atoms with Crippen LogP contribution < -0.4 is 14.8 Å². The standard InChI is InChI=1S/C23H29N3O5S/c1-3-31-21-9-7-20(8-10-21)25-32(29,30)22-6-4-5-19(15-22)23(28)26-13-11-18(12-14-26)16-24-17(2)27/h4-10,15,18,25H,3,11-14,16H2,1-2H3,(H,24,27). The Morgan fingerprint density at radius 3 is 2.41 bits per heavy atom. The van der Waals surface area contributed by atoms with Crippen molar-refractivity contribution in [2.45, 2.75) is 31.6 Å². The Morgan fingerprint density at radius 1 is 1.09 bits per heavy atom. The number of benzene rings is 2. The van der Waals surface area contributed by atoms with Gasteiger partial charge in [-0.15, -0.1) is 0 Å². The third-order valence-electron chi connectivity index (χ3n) is 5.35. The van der Waals surface area contributed by atoms with E-state index in [9.17, 15) is 18.0 Å². The molecule has 0 aliphatic carbocycles. The second kappa shape index (κ2) is 10.5. The number of anilines is 1. The molecule has 32 heavy (non-hydrogen) atoms. The average molecular weight is 460 g/mol. The Labute approximate surface area is 189 Å². The maximum absolute atomic E-state index is 12.9. The summed E-state index contributed by atoms with van der Waals surface area (Å²) in [5.41, 5.74) is 0.742. The van der Waals surface area contributed by atoms with Crippen molar-refractivity contribution in [1.29, 1.82) is 0 Å². The molecule has 9 heteroatoms. The van der Waals surface area contributed by atoms with E-state index in [1.165, 1.54) is 19.1 Å². The molecule has 8 nitrogen and oxygen atoms in total. The van der Waals surface area contributed by atoms with E-state index in [0.717, 1.165) is 12.8 Å². The summed E-state index contributed by atoms with van der Waals surface area (Å²) in [6.45, 7) is 5.65. The first-order valence-corrected chi connectivity index (χ1v) is 12.2. The second-order valence-corrected chi connectivity index (χ2v) is 9.45. The van der Waals surface area contributed by atoms with Gasteiger partial charge in [0.25, 0.3) is 15.9 Å². The predicted molar refractivity (Wildman–Crippen MR) is 122 cm³/mol. The molecule has 0 radical (unpaired) electrons. The van der Waals surface area contributed by atoms with Gasteiger partial charge in [-0.1, -0.05) is 6.07 Å². The van der Waals surface area contributed by atoms with Crippen LogP contribution in [-0.4, -0.2) is 51.4 Å². The molecule has 0 spiro atoms. The lowest BCUT2D eigenvalue weighted by Gasteiger charge is -2.32. The number of piperidine rings is 1. The zero-order chi connectivity index (χ0) is 23.1. The Morgan fingerprint density at radius 2 is 1.78 bits per heavy atom. The van der Waals surface area contributed by atoms with Gasteiger partial charge in [0, 0.05) is 37.8 Å². The second-order valence-electron chi connectivity index (χ2n) is 7.76. The molecule has 2 aromatic carbocycles. The number of nitrogens with zero attached hydrogens (tertiary/aromatic N) is 1. The summed E-state index contributed by atoms with van der Waals surface area (Å²) in [5.74, 6) is 0.748. The Hall–Kier alpha value is -3.07. The molecule has 0 unspecified atom stereocenters. The number of carbonyl (C=O) groups excluding carboxylic acids is 2. The van der Waals surface area contributed by atoms with Gasteiger partial charge in [0.2, 0.25) is 5.91 Å². The van der Waals surface area contributed by atoms with Crippen molar-refractivity contribution < 1.29 is 22.7 Å². The zero-order valence-corrected chi connectivity index (χ0v) is 19.2. The van der Waals surface area contributed by atoms with Gasteiger partial charge in [-0.3, -0.25) is 14.3 Å². The number of hydrogen-bond acceptors (Lipinski definition) is 5. The summed E-state index contributed by atoms with van der Waals surface area (Å²) in [6, 6.07) is 12.7. The maximum atomic E-state index is 12.9. The van der Waals surface area contributed by atoms with Crippen LogP contribution in [0, 0.1) is 5.92 Å². The average Bonchev–Trinajstić information content (AvgIpc) is 2.79. The smallest absolute Gasteiger partial charge is 0.261 e.